The third kappa shape index (κ3) is 6.21. The average molecular weight is 666 g/mol. The summed E-state index contributed by atoms with van der Waals surface area (Å²) >= 11 is 0. The fourth-order valence-electron chi connectivity index (χ4n) is 6.99. The smallest absolute Gasteiger partial charge is 0.313 e. The minimum atomic E-state index is -1.88. The molecular formula is C43H43N3O4. The summed E-state index contributed by atoms with van der Waals surface area (Å²) in [5.41, 5.74) is 0.808. The van der Waals surface area contributed by atoms with Crippen LogP contribution in [-0.2, 0) is 20.7 Å². The normalized spacial score (nSPS) is 13.7. The topological polar surface area (TPSA) is 93.5 Å². The second-order valence-electron chi connectivity index (χ2n) is 13.6. The molecule has 0 saturated heterocycles. The molecule has 50 heavy (non-hydrogen) atoms. The van der Waals surface area contributed by atoms with E-state index in [1.165, 1.54) is 0 Å². The fraction of sp³-hybridized carbons (Fsp3) is 0.233. The lowest BCUT2D eigenvalue weighted by atomic mass is 9.75. The van der Waals surface area contributed by atoms with Crippen molar-refractivity contribution < 1.29 is 19.4 Å². The zero-order valence-electron chi connectivity index (χ0n) is 29.1. The number of nitrogens with one attached hydrogen (secondary N) is 1. The zero-order chi connectivity index (χ0) is 35.5. The summed E-state index contributed by atoms with van der Waals surface area (Å²) in [7, 11) is 1.60. The van der Waals surface area contributed by atoms with E-state index in [4.69, 9.17) is 9.72 Å². The Morgan fingerprint density at radius 2 is 1.28 bits per heavy atom. The summed E-state index contributed by atoms with van der Waals surface area (Å²) in [6.45, 7) is 7.33. The first-order chi connectivity index (χ1) is 24.0. The van der Waals surface area contributed by atoms with Crippen molar-refractivity contribution in [2.45, 2.75) is 50.9 Å². The average Bonchev–Trinajstić information content (AvgIpc) is 3.63. The highest BCUT2D eigenvalue weighted by Gasteiger charge is 2.48. The van der Waals surface area contributed by atoms with E-state index in [0.717, 1.165) is 27.5 Å². The van der Waals surface area contributed by atoms with Gasteiger partial charge in [-0.1, -0.05) is 116 Å². The summed E-state index contributed by atoms with van der Waals surface area (Å²) in [4.78, 5) is 31.3. The summed E-state index contributed by atoms with van der Waals surface area (Å²) in [5.74, 6) is -1.70. The van der Waals surface area contributed by atoms with Crippen molar-refractivity contribution in [2.75, 3.05) is 7.05 Å². The van der Waals surface area contributed by atoms with Crippen LogP contribution in [-0.4, -0.2) is 39.2 Å². The van der Waals surface area contributed by atoms with Gasteiger partial charge >= 0.3 is 5.97 Å². The first kappa shape index (κ1) is 34.3. The molecule has 6 aromatic rings. The summed E-state index contributed by atoms with van der Waals surface area (Å²) in [6, 6.07) is 41.6. The molecule has 0 aliphatic heterocycles. The largest absolute Gasteiger partial charge is 0.460 e. The van der Waals surface area contributed by atoms with Crippen LogP contribution < -0.4 is 5.32 Å². The van der Waals surface area contributed by atoms with E-state index in [-0.39, 0.29) is 12.3 Å². The van der Waals surface area contributed by atoms with Crippen LogP contribution in [0.4, 0.5) is 0 Å². The van der Waals surface area contributed by atoms with Crippen molar-refractivity contribution >= 4 is 22.6 Å². The van der Waals surface area contributed by atoms with E-state index in [0.29, 0.717) is 16.8 Å². The Morgan fingerprint density at radius 3 is 1.78 bits per heavy atom. The van der Waals surface area contributed by atoms with Gasteiger partial charge < -0.3 is 19.7 Å². The number of fused-ring (bicyclic) bond motifs is 1. The van der Waals surface area contributed by atoms with E-state index in [2.05, 4.69) is 41.7 Å². The number of nitrogens with zero attached hydrogens (tertiary/aromatic N) is 2. The Morgan fingerprint density at radius 1 is 0.760 bits per heavy atom. The van der Waals surface area contributed by atoms with Gasteiger partial charge in [0.05, 0.1) is 17.9 Å². The zero-order valence-corrected chi connectivity index (χ0v) is 29.1. The van der Waals surface area contributed by atoms with Crippen molar-refractivity contribution in [3.05, 3.63) is 173 Å². The molecule has 1 amide bonds. The van der Waals surface area contributed by atoms with Gasteiger partial charge in [0, 0.05) is 18.8 Å². The van der Waals surface area contributed by atoms with Crippen LogP contribution in [0.5, 0.6) is 0 Å². The number of aromatic nitrogens is 2. The maximum atomic E-state index is 14.0. The number of amides is 1. The quantitative estimate of drug-likeness (QED) is 0.115. The Hall–Kier alpha value is -5.53. The van der Waals surface area contributed by atoms with Gasteiger partial charge in [-0.2, -0.15) is 0 Å². The van der Waals surface area contributed by atoms with Crippen molar-refractivity contribution in [3.63, 3.8) is 0 Å². The van der Waals surface area contributed by atoms with E-state index in [1.807, 2.05) is 117 Å². The van der Waals surface area contributed by atoms with Gasteiger partial charge in [-0.3, -0.25) is 9.59 Å². The summed E-state index contributed by atoms with van der Waals surface area (Å²) < 4.78 is 7.96. The number of carbonyl (C=O) groups is 2. The molecule has 2 N–H and O–H groups in total. The van der Waals surface area contributed by atoms with E-state index < -0.39 is 28.6 Å². The van der Waals surface area contributed by atoms with Crippen LogP contribution in [0, 0.1) is 5.92 Å². The van der Waals surface area contributed by atoms with Crippen molar-refractivity contribution in [1.29, 1.82) is 0 Å². The third-order valence-electron chi connectivity index (χ3n) is 9.31. The van der Waals surface area contributed by atoms with Crippen LogP contribution in [0.1, 0.15) is 72.4 Å². The molecule has 0 aliphatic carbocycles. The second-order valence-corrected chi connectivity index (χ2v) is 13.6. The van der Waals surface area contributed by atoms with E-state index in [9.17, 15) is 14.7 Å². The molecule has 0 spiro atoms. The lowest BCUT2D eigenvalue weighted by Crippen LogP contribution is -2.44. The number of aliphatic hydroxyl groups is 1. The number of imidazole rings is 1. The van der Waals surface area contributed by atoms with Gasteiger partial charge in [0.25, 0.3) is 5.91 Å². The number of carbonyl (C=O) groups excluding carboxylic acids is 2. The molecule has 7 nitrogen and oxygen atoms in total. The highest BCUT2D eigenvalue weighted by Crippen LogP contribution is 2.44. The van der Waals surface area contributed by atoms with Gasteiger partial charge in [0.15, 0.2) is 0 Å². The molecule has 0 unspecified atom stereocenters. The van der Waals surface area contributed by atoms with Crippen LogP contribution >= 0.6 is 0 Å². The predicted molar refractivity (Wildman–Crippen MR) is 197 cm³/mol. The van der Waals surface area contributed by atoms with Crippen molar-refractivity contribution in [3.8, 4) is 0 Å². The molecular weight excluding hydrogens is 622 g/mol. The highest BCUT2D eigenvalue weighted by atomic mass is 16.6. The van der Waals surface area contributed by atoms with Gasteiger partial charge in [-0.05, 0) is 78.4 Å². The highest BCUT2D eigenvalue weighted by molar-refractivity contribution is 5.98. The molecule has 0 bridgehead atoms. The summed E-state index contributed by atoms with van der Waals surface area (Å²) in [6.07, 6.45) is 3.89. The lowest BCUT2D eigenvalue weighted by molar-refractivity contribution is -0.168. The van der Waals surface area contributed by atoms with Crippen molar-refractivity contribution in [2.24, 2.45) is 5.92 Å². The van der Waals surface area contributed by atoms with Gasteiger partial charge in [-0.25, -0.2) is 4.98 Å². The first-order valence-electron chi connectivity index (χ1n) is 17.0. The minimum Gasteiger partial charge on any atom is -0.460 e. The summed E-state index contributed by atoms with van der Waals surface area (Å²) in [5, 5.41) is 17.5. The standard InChI is InChI=1S/C43H43N3O4/c1-6-37(40(48)50-41(2,3)4)43(49,36-25-24-30-26-32(39(47)44-5)23-22-31(30)27-36)38-28-46(29-45-38)42(33-16-10-7-11-17-33,34-18-12-8-13-19-34)35-20-14-9-15-21-35/h7-29,37,49H,6H2,1-5H3,(H,44,47)/t37-,43-/m1/s1. The maximum absolute atomic E-state index is 14.0. The molecule has 6 rings (SSSR count). The maximum Gasteiger partial charge on any atom is 0.313 e. The van der Waals surface area contributed by atoms with Gasteiger partial charge in [0.1, 0.15) is 16.7 Å². The Bertz CT molecular complexity index is 2010. The number of esters is 1. The third-order valence-corrected chi connectivity index (χ3v) is 9.31. The van der Waals surface area contributed by atoms with Crippen LogP contribution in [0.15, 0.2) is 140 Å². The Balaban J connectivity index is 1.61. The van der Waals surface area contributed by atoms with E-state index >= 15 is 0 Å². The lowest BCUT2D eigenvalue weighted by Gasteiger charge is -2.38. The number of benzene rings is 5. The number of rotatable bonds is 10. The molecule has 0 aliphatic rings. The monoisotopic (exact) mass is 665 g/mol. The van der Waals surface area contributed by atoms with Gasteiger partial charge in [0.2, 0.25) is 0 Å². The first-order valence-corrected chi connectivity index (χ1v) is 17.0. The molecule has 254 valence electrons. The molecule has 1 aromatic heterocycles. The van der Waals surface area contributed by atoms with E-state index in [1.54, 1.807) is 25.5 Å². The van der Waals surface area contributed by atoms with Gasteiger partial charge in [-0.15, -0.1) is 0 Å². The molecule has 2 atom stereocenters. The van der Waals surface area contributed by atoms with Crippen LogP contribution in [0.2, 0.25) is 0 Å². The molecule has 0 saturated carbocycles. The number of hydrogen-bond donors (Lipinski definition) is 2. The Labute approximate surface area is 293 Å². The molecule has 7 heteroatoms. The van der Waals surface area contributed by atoms with Crippen LogP contribution in [0.25, 0.3) is 10.8 Å². The second kappa shape index (κ2) is 13.8. The molecule has 0 radical (unpaired) electrons. The minimum absolute atomic E-state index is 0.187. The number of ether oxygens (including phenoxy) is 1. The predicted octanol–water partition coefficient (Wildman–Crippen LogP) is 7.84. The van der Waals surface area contributed by atoms with Crippen molar-refractivity contribution in [1.82, 2.24) is 14.9 Å². The fourth-order valence-corrected chi connectivity index (χ4v) is 6.99. The van der Waals surface area contributed by atoms with Crippen LogP contribution in [0.3, 0.4) is 0 Å². The molecule has 0 fully saturated rings. The molecule has 1 heterocycles. The molecule has 5 aromatic carbocycles. The number of hydrogen-bond acceptors (Lipinski definition) is 5. The SMILES string of the molecule is CC[C@H](C(=O)OC(C)(C)C)[C@](O)(c1ccc2cc(C(=O)NC)ccc2c1)c1cn(C(c2ccccc2)(c2ccccc2)c2ccccc2)cn1. The Kier molecular flexibility index (Phi) is 9.45.